The summed E-state index contributed by atoms with van der Waals surface area (Å²) in [6.45, 7) is 2.76. The van der Waals surface area contributed by atoms with Crippen molar-refractivity contribution >= 4 is 11.8 Å². The van der Waals surface area contributed by atoms with Gasteiger partial charge in [-0.3, -0.25) is 0 Å². The molecular formula is C12H19NOS. The van der Waals surface area contributed by atoms with Gasteiger partial charge in [-0.05, 0) is 43.0 Å². The minimum atomic E-state index is 0.0692. The third kappa shape index (κ3) is 4.58. The highest BCUT2D eigenvalue weighted by Crippen LogP contribution is 2.17. The van der Waals surface area contributed by atoms with Crippen molar-refractivity contribution in [1.82, 2.24) is 0 Å². The molecule has 0 amide bonds. The Hall–Kier alpha value is -0.670. The van der Waals surface area contributed by atoms with Crippen molar-refractivity contribution in [2.24, 2.45) is 5.73 Å². The number of hydrogen-bond donors (Lipinski definition) is 1. The van der Waals surface area contributed by atoms with Crippen LogP contribution in [0.5, 0.6) is 5.75 Å². The van der Waals surface area contributed by atoms with Crippen molar-refractivity contribution in [3.05, 3.63) is 29.8 Å². The lowest BCUT2D eigenvalue weighted by molar-refractivity contribution is 0.318. The summed E-state index contributed by atoms with van der Waals surface area (Å²) < 4.78 is 5.63. The zero-order chi connectivity index (χ0) is 11.1. The lowest BCUT2D eigenvalue weighted by Gasteiger charge is -2.09. The normalized spacial score (nSPS) is 12.5. The molecule has 15 heavy (non-hydrogen) atoms. The molecule has 0 radical (unpaired) electrons. The average molecular weight is 225 g/mol. The largest absolute Gasteiger partial charge is 0.494 e. The molecule has 0 aliphatic rings. The van der Waals surface area contributed by atoms with Crippen molar-refractivity contribution < 1.29 is 4.74 Å². The molecule has 0 bridgehead atoms. The van der Waals surface area contributed by atoms with Crippen LogP contribution in [0.1, 0.15) is 24.9 Å². The fourth-order valence-corrected chi connectivity index (χ4v) is 1.69. The molecule has 1 rings (SSSR count). The van der Waals surface area contributed by atoms with Crippen molar-refractivity contribution in [3.8, 4) is 5.75 Å². The Balaban J connectivity index is 2.43. The van der Waals surface area contributed by atoms with Gasteiger partial charge >= 0.3 is 0 Å². The van der Waals surface area contributed by atoms with Crippen LogP contribution in [-0.2, 0) is 0 Å². The van der Waals surface area contributed by atoms with Crippen LogP contribution in [0, 0.1) is 0 Å². The molecule has 0 heterocycles. The maximum absolute atomic E-state index is 5.80. The van der Waals surface area contributed by atoms with Gasteiger partial charge in [0.15, 0.2) is 0 Å². The first kappa shape index (κ1) is 12.4. The van der Waals surface area contributed by atoms with E-state index < -0.39 is 0 Å². The maximum Gasteiger partial charge on any atom is 0.119 e. The van der Waals surface area contributed by atoms with Gasteiger partial charge in [0, 0.05) is 6.04 Å². The zero-order valence-electron chi connectivity index (χ0n) is 9.40. The zero-order valence-corrected chi connectivity index (χ0v) is 10.2. The van der Waals surface area contributed by atoms with Gasteiger partial charge in [0.25, 0.3) is 0 Å². The molecule has 0 aliphatic carbocycles. The van der Waals surface area contributed by atoms with Gasteiger partial charge in [-0.25, -0.2) is 0 Å². The Morgan fingerprint density at radius 2 is 2.27 bits per heavy atom. The molecule has 0 fully saturated rings. The first-order valence-electron chi connectivity index (χ1n) is 5.21. The monoisotopic (exact) mass is 225 g/mol. The van der Waals surface area contributed by atoms with Crippen LogP contribution in [0.25, 0.3) is 0 Å². The van der Waals surface area contributed by atoms with E-state index in [1.165, 1.54) is 0 Å². The van der Waals surface area contributed by atoms with Crippen LogP contribution in [-0.4, -0.2) is 18.6 Å². The Kier molecular flexibility index (Phi) is 5.58. The van der Waals surface area contributed by atoms with Crippen LogP contribution in [0.4, 0.5) is 0 Å². The number of rotatable bonds is 6. The van der Waals surface area contributed by atoms with Crippen molar-refractivity contribution in [2.75, 3.05) is 18.6 Å². The van der Waals surface area contributed by atoms with E-state index in [2.05, 4.69) is 6.26 Å². The molecule has 2 N–H and O–H groups in total. The van der Waals surface area contributed by atoms with Gasteiger partial charge < -0.3 is 10.5 Å². The lowest BCUT2D eigenvalue weighted by Crippen LogP contribution is -2.05. The minimum absolute atomic E-state index is 0.0692. The van der Waals surface area contributed by atoms with Gasteiger partial charge in [0.05, 0.1) is 6.61 Å². The van der Waals surface area contributed by atoms with Crippen LogP contribution < -0.4 is 10.5 Å². The smallest absolute Gasteiger partial charge is 0.119 e. The number of ether oxygens (including phenoxy) is 1. The quantitative estimate of drug-likeness (QED) is 0.756. The van der Waals surface area contributed by atoms with Crippen molar-refractivity contribution in [3.63, 3.8) is 0 Å². The number of benzene rings is 1. The van der Waals surface area contributed by atoms with Crippen LogP contribution >= 0.6 is 11.8 Å². The summed E-state index contributed by atoms with van der Waals surface area (Å²) in [6, 6.07) is 8.08. The highest BCUT2D eigenvalue weighted by Gasteiger charge is 2.00. The SMILES string of the molecule is CSCCCOc1cccc([C@H](C)N)c1. The molecule has 3 heteroatoms. The molecule has 2 nitrogen and oxygen atoms in total. The predicted molar refractivity (Wildman–Crippen MR) is 67.5 cm³/mol. The standard InChI is InChI=1S/C12H19NOS/c1-10(13)11-5-3-6-12(9-11)14-7-4-8-15-2/h3,5-6,9-10H,4,7-8,13H2,1-2H3/t10-/m0/s1. The molecule has 0 spiro atoms. The topological polar surface area (TPSA) is 35.2 Å². The second-order valence-corrected chi connectivity index (χ2v) is 4.54. The fourth-order valence-electron chi connectivity index (χ4n) is 1.28. The highest BCUT2D eigenvalue weighted by atomic mass is 32.2. The third-order valence-electron chi connectivity index (χ3n) is 2.15. The average Bonchev–Trinajstić information content (AvgIpc) is 2.25. The summed E-state index contributed by atoms with van der Waals surface area (Å²) in [5.41, 5.74) is 6.92. The summed E-state index contributed by atoms with van der Waals surface area (Å²) in [6.07, 6.45) is 3.19. The summed E-state index contributed by atoms with van der Waals surface area (Å²) in [4.78, 5) is 0. The van der Waals surface area contributed by atoms with E-state index in [9.17, 15) is 0 Å². The first-order valence-corrected chi connectivity index (χ1v) is 6.60. The molecule has 0 aromatic heterocycles. The summed E-state index contributed by atoms with van der Waals surface area (Å²) in [5.74, 6) is 2.07. The molecule has 0 aliphatic heterocycles. The lowest BCUT2D eigenvalue weighted by atomic mass is 10.1. The van der Waals surface area contributed by atoms with Crippen LogP contribution in [0.3, 0.4) is 0 Å². The van der Waals surface area contributed by atoms with Gasteiger partial charge in [-0.1, -0.05) is 12.1 Å². The molecule has 84 valence electrons. The van der Waals surface area contributed by atoms with Crippen LogP contribution in [0.15, 0.2) is 24.3 Å². The molecular weight excluding hydrogens is 206 g/mol. The summed E-state index contributed by atoms with van der Waals surface area (Å²) >= 11 is 1.84. The second kappa shape index (κ2) is 6.75. The van der Waals surface area contributed by atoms with E-state index in [-0.39, 0.29) is 6.04 Å². The molecule has 1 aromatic carbocycles. The van der Waals surface area contributed by atoms with E-state index in [1.807, 2.05) is 43.0 Å². The predicted octanol–water partition coefficient (Wildman–Crippen LogP) is 2.84. The molecule has 1 atom stereocenters. The van der Waals surface area contributed by atoms with E-state index in [4.69, 9.17) is 10.5 Å². The van der Waals surface area contributed by atoms with Crippen molar-refractivity contribution in [2.45, 2.75) is 19.4 Å². The minimum Gasteiger partial charge on any atom is -0.494 e. The number of hydrogen-bond acceptors (Lipinski definition) is 3. The molecule has 1 aromatic rings. The number of nitrogens with two attached hydrogens (primary N) is 1. The highest BCUT2D eigenvalue weighted by molar-refractivity contribution is 7.98. The first-order chi connectivity index (χ1) is 7.24. The fraction of sp³-hybridized carbons (Fsp3) is 0.500. The van der Waals surface area contributed by atoms with E-state index >= 15 is 0 Å². The third-order valence-corrected chi connectivity index (χ3v) is 2.84. The molecule has 0 saturated carbocycles. The van der Waals surface area contributed by atoms with Crippen molar-refractivity contribution in [1.29, 1.82) is 0 Å². The summed E-state index contributed by atoms with van der Waals surface area (Å²) in [7, 11) is 0. The maximum atomic E-state index is 5.80. The second-order valence-electron chi connectivity index (χ2n) is 3.56. The van der Waals surface area contributed by atoms with E-state index in [0.29, 0.717) is 0 Å². The van der Waals surface area contributed by atoms with Gasteiger partial charge in [-0.15, -0.1) is 0 Å². The van der Waals surface area contributed by atoms with Crippen LogP contribution in [0.2, 0.25) is 0 Å². The summed E-state index contributed by atoms with van der Waals surface area (Å²) in [5, 5.41) is 0. The van der Waals surface area contributed by atoms with Gasteiger partial charge in [0.1, 0.15) is 5.75 Å². The Morgan fingerprint density at radius 1 is 1.47 bits per heavy atom. The Morgan fingerprint density at radius 3 is 2.93 bits per heavy atom. The van der Waals surface area contributed by atoms with E-state index in [1.54, 1.807) is 0 Å². The Bertz CT molecular complexity index is 289. The van der Waals surface area contributed by atoms with Gasteiger partial charge in [-0.2, -0.15) is 11.8 Å². The molecule has 0 unspecified atom stereocenters. The molecule has 0 saturated heterocycles. The van der Waals surface area contributed by atoms with Gasteiger partial charge in [0.2, 0.25) is 0 Å². The van der Waals surface area contributed by atoms with E-state index in [0.717, 1.165) is 30.1 Å². The Labute approximate surface area is 96.2 Å². The number of thioether (sulfide) groups is 1.